The Morgan fingerprint density at radius 3 is 3.00 bits per heavy atom. The molecule has 0 aliphatic heterocycles. The number of hydrogen-bond acceptors (Lipinski definition) is 7. The van der Waals surface area contributed by atoms with E-state index in [9.17, 15) is 19.7 Å². The first-order valence-corrected chi connectivity index (χ1v) is 9.62. The minimum Gasteiger partial charge on any atom is -0.325 e. The molecular formula is C15H11ClN4O4S2. The van der Waals surface area contributed by atoms with Gasteiger partial charge in [-0.15, -0.1) is 23.1 Å². The number of halogens is 1. The Labute approximate surface area is 160 Å². The van der Waals surface area contributed by atoms with E-state index in [0.29, 0.717) is 22.1 Å². The molecule has 8 nitrogen and oxygen atoms in total. The van der Waals surface area contributed by atoms with Gasteiger partial charge in [0, 0.05) is 35.1 Å². The molecule has 134 valence electrons. The highest BCUT2D eigenvalue weighted by atomic mass is 35.5. The number of nitrogens with zero attached hydrogens (tertiary/aromatic N) is 3. The molecular weight excluding hydrogens is 400 g/mol. The number of thioether (sulfide) groups is 1. The monoisotopic (exact) mass is 410 g/mol. The van der Waals surface area contributed by atoms with Crippen LogP contribution in [0.3, 0.4) is 0 Å². The summed E-state index contributed by atoms with van der Waals surface area (Å²) in [4.78, 5) is 39.1. The minimum absolute atomic E-state index is 0.00343. The third kappa shape index (κ3) is 4.21. The zero-order valence-electron chi connectivity index (χ0n) is 13.0. The Morgan fingerprint density at radius 1 is 1.42 bits per heavy atom. The summed E-state index contributed by atoms with van der Waals surface area (Å²) < 4.78 is 1.46. The van der Waals surface area contributed by atoms with E-state index in [1.165, 1.54) is 51.8 Å². The fourth-order valence-corrected chi connectivity index (χ4v) is 3.78. The molecule has 0 bridgehead atoms. The molecule has 0 saturated carbocycles. The van der Waals surface area contributed by atoms with E-state index < -0.39 is 4.92 Å². The molecule has 0 radical (unpaired) electrons. The maximum absolute atomic E-state index is 12.0. The summed E-state index contributed by atoms with van der Waals surface area (Å²) in [6, 6.07) is 5.49. The van der Waals surface area contributed by atoms with Gasteiger partial charge in [-0.05, 0) is 12.1 Å². The zero-order valence-corrected chi connectivity index (χ0v) is 15.4. The van der Waals surface area contributed by atoms with Gasteiger partial charge in [0.15, 0.2) is 4.96 Å². The average molecular weight is 411 g/mol. The van der Waals surface area contributed by atoms with Gasteiger partial charge >= 0.3 is 0 Å². The molecule has 0 spiro atoms. The van der Waals surface area contributed by atoms with Gasteiger partial charge in [-0.2, -0.15) is 0 Å². The van der Waals surface area contributed by atoms with Gasteiger partial charge in [0.05, 0.1) is 16.4 Å². The van der Waals surface area contributed by atoms with Crippen molar-refractivity contribution in [2.45, 2.75) is 5.75 Å². The van der Waals surface area contributed by atoms with Crippen molar-refractivity contribution in [1.29, 1.82) is 0 Å². The second-order valence-corrected chi connectivity index (χ2v) is 7.37. The van der Waals surface area contributed by atoms with E-state index in [1.807, 2.05) is 0 Å². The fraction of sp³-hybridized carbons (Fsp3) is 0.133. The number of amides is 1. The van der Waals surface area contributed by atoms with E-state index in [0.717, 1.165) is 0 Å². The van der Waals surface area contributed by atoms with Crippen LogP contribution in [-0.4, -0.2) is 26.0 Å². The van der Waals surface area contributed by atoms with Crippen molar-refractivity contribution >= 4 is 56.9 Å². The maximum Gasteiger partial charge on any atom is 0.289 e. The lowest BCUT2D eigenvalue weighted by Crippen LogP contribution is -2.15. The summed E-state index contributed by atoms with van der Waals surface area (Å²) in [7, 11) is 0. The van der Waals surface area contributed by atoms with E-state index in [4.69, 9.17) is 11.6 Å². The number of nitro groups is 1. The number of thiazole rings is 1. The number of nitrogens with one attached hydrogen (secondary N) is 1. The molecule has 0 unspecified atom stereocenters. The third-order valence-electron chi connectivity index (χ3n) is 3.27. The third-order valence-corrected chi connectivity index (χ3v) is 5.31. The largest absolute Gasteiger partial charge is 0.325 e. The number of carbonyl (C=O) groups is 1. The van der Waals surface area contributed by atoms with Crippen LogP contribution in [0.4, 0.5) is 11.4 Å². The molecule has 0 atom stereocenters. The van der Waals surface area contributed by atoms with Gasteiger partial charge in [0.25, 0.3) is 11.2 Å². The summed E-state index contributed by atoms with van der Waals surface area (Å²) in [5, 5.41) is 15.2. The Kier molecular flexibility index (Phi) is 5.55. The number of aromatic nitrogens is 2. The predicted molar refractivity (Wildman–Crippen MR) is 102 cm³/mol. The Morgan fingerprint density at radius 2 is 2.23 bits per heavy atom. The number of anilines is 1. The normalized spacial score (nSPS) is 10.8. The van der Waals surface area contributed by atoms with Crippen LogP contribution in [0, 0.1) is 10.1 Å². The first-order valence-electron chi connectivity index (χ1n) is 7.21. The highest BCUT2D eigenvalue weighted by molar-refractivity contribution is 7.99. The molecule has 0 saturated heterocycles. The molecule has 0 aliphatic carbocycles. The topological polar surface area (TPSA) is 107 Å². The Bertz CT molecular complexity index is 1050. The number of carbonyl (C=O) groups excluding carboxylic acids is 1. The van der Waals surface area contributed by atoms with Crippen LogP contribution >= 0.6 is 34.7 Å². The lowest BCUT2D eigenvalue weighted by atomic mass is 10.3. The number of fused-ring (bicyclic) bond motifs is 1. The summed E-state index contributed by atoms with van der Waals surface area (Å²) in [5.41, 5.74) is 0.455. The van der Waals surface area contributed by atoms with Crippen molar-refractivity contribution in [1.82, 2.24) is 9.38 Å². The van der Waals surface area contributed by atoms with Crippen LogP contribution in [0.15, 0.2) is 40.6 Å². The zero-order chi connectivity index (χ0) is 18.7. The molecule has 0 aliphatic rings. The van der Waals surface area contributed by atoms with Gasteiger partial charge in [0.1, 0.15) is 5.02 Å². The van der Waals surface area contributed by atoms with Gasteiger partial charge in [-0.25, -0.2) is 4.98 Å². The molecule has 26 heavy (non-hydrogen) atoms. The second-order valence-electron chi connectivity index (χ2n) is 5.11. The van der Waals surface area contributed by atoms with Crippen LogP contribution in [0.5, 0.6) is 0 Å². The summed E-state index contributed by atoms with van der Waals surface area (Å²) >= 11 is 8.38. The average Bonchev–Trinajstić information content (AvgIpc) is 3.05. The lowest BCUT2D eigenvalue weighted by molar-refractivity contribution is -0.384. The molecule has 1 amide bonds. The number of hydrogen-bond donors (Lipinski definition) is 1. The summed E-state index contributed by atoms with van der Waals surface area (Å²) in [6.45, 7) is 0. The molecule has 3 aromatic rings. The van der Waals surface area contributed by atoms with Crippen LogP contribution in [0.25, 0.3) is 4.96 Å². The molecule has 1 aromatic carbocycles. The first-order chi connectivity index (χ1) is 12.4. The summed E-state index contributed by atoms with van der Waals surface area (Å²) in [5.74, 6) is 0.195. The van der Waals surface area contributed by atoms with Crippen LogP contribution in [-0.2, 0) is 10.5 Å². The number of nitro benzene ring substituents is 1. The standard InChI is InChI=1S/C15H11ClN4O4S2/c16-11-2-1-9(5-12(11)20(23)24)17-13(21)8-25-7-10-6-14(22)19-3-4-26-15(19)18-10/h1-6H,7-8H2,(H,17,21). The van der Waals surface area contributed by atoms with Crippen LogP contribution < -0.4 is 10.9 Å². The van der Waals surface area contributed by atoms with E-state index in [-0.39, 0.29) is 27.9 Å². The van der Waals surface area contributed by atoms with Crippen molar-refractivity contribution in [3.63, 3.8) is 0 Å². The quantitative estimate of drug-likeness (QED) is 0.494. The smallest absolute Gasteiger partial charge is 0.289 e. The lowest BCUT2D eigenvalue weighted by Gasteiger charge is -2.06. The van der Waals surface area contributed by atoms with Crippen molar-refractivity contribution in [3.05, 3.63) is 67.0 Å². The van der Waals surface area contributed by atoms with Gasteiger partial charge < -0.3 is 5.32 Å². The number of rotatable bonds is 6. The van der Waals surface area contributed by atoms with Crippen molar-refractivity contribution in [2.75, 3.05) is 11.1 Å². The highest BCUT2D eigenvalue weighted by Gasteiger charge is 2.14. The van der Waals surface area contributed by atoms with Gasteiger partial charge in [0.2, 0.25) is 5.91 Å². The van der Waals surface area contributed by atoms with Crippen molar-refractivity contribution < 1.29 is 9.72 Å². The number of benzene rings is 1. The molecule has 11 heteroatoms. The summed E-state index contributed by atoms with van der Waals surface area (Å²) in [6.07, 6.45) is 1.66. The maximum atomic E-state index is 12.0. The minimum atomic E-state index is -0.613. The highest BCUT2D eigenvalue weighted by Crippen LogP contribution is 2.27. The SMILES string of the molecule is O=C(CSCc1cc(=O)n2ccsc2n1)Nc1ccc(Cl)c([N+](=O)[O-])c1. The molecule has 3 rings (SSSR count). The van der Waals surface area contributed by atoms with Crippen molar-refractivity contribution in [2.24, 2.45) is 0 Å². The fourth-order valence-electron chi connectivity index (χ4n) is 2.14. The Hall–Kier alpha value is -2.43. The van der Waals surface area contributed by atoms with Crippen LogP contribution in [0.2, 0.25) is 5.02 Å². The molecule has 2 heterocycles. The first kappa shape index (κ1) is 18.4. The molecule has 2 aromatic heterocycles. The second kappa shape index (κ2) is 7.85. The molecule has 0 fully saturated rings. The van der Waals surface area contributed by atoms with E-state index in [1.54, 1.807) is 11.6 Å². The van der Waals surface area contributed by atoms with Gasteiger partial charge in [-0.1, -0.05) is 11.6 Å². The van der Waals surface area contributed by atoms with Crippen molar-refractivity contribution in [3.8, 4) is 0 Å². The van der Waals surface area contributed by atoms with Crippen LogP contribution in [0.1, 0.15) is 5.69 Å². The van der Waals surface area contributed by atoms with E-state index >= 15 is 0 Å². The van der Waals surface area contributed by atoms with E-state index in [2.05, 4.69) is 10.3 Å². The van der Waals surface area contributed by atoms with Gasteiger partial charge in [-0.3, -0.25) is 24.1 Å². The predicted octanol–water partition coefficient (Wildman–Crippen LogP) is 3.19. The Balaban J connectivity index is 1.58. The molecule has 1 N–H and O–H groups in total.